The van der Waals surface area contributed by atoms with Crippen LogP contribution in [0.2, 0.25) is 5.02 Å². The number of nitrogens with zero attached hydrogens (tertiary/aromatic N) is 2. The first kappa shape index (κ1) is 17.0. The van der Waals surface area contributed by atoms with Gasteiger partial charge >= 0.3 is 0 Å². The lowest BCUT2D eigenvalue weighted by atomic mass is 10.1. The van der Waals surface area contributed by atoms with E-state index in [1.54, 1.807) is 0 Å². The lowest BCUT2D eigenvalue weighted by Gasteiger charge is -2.05. The Bertz CT molecular complexity index is 701. The predicted molar refractivity (Wildman–Crippen MR) is 92.0 cm³/mol. The summed E-state index contributed by atoms with van der Waals surface area (Å²) in [4.78, 5) is 16.3. The third-order valence-corrected chi connectivity index (χ3v) is 4.56. The smallest absolute Gasteiger partial charge is 0.226 e. The third-order valence-electron chi connectivity index (χ3n) is 4.22. The lowest BCUT2D eigenvalue weighted by molar-refractivity contribution is -0.121. The van der Waals surface area contributed by atoms with Gasteiger partial charge in [-0.1, -0.05) is 41.9 Å². The second-order valence-electron chi connectivity index (χ2n) is 6.25. The number of benzene rings is 1. The van der Waals surface area contributed by atoms with Crippen molar-refractivity contribution in [3.05, 3.63) is 46.6 Å². The molecule has 0 bridgehead atoms. The molecule has 5 nitrogen and oxygen atoms in total. The van der Waals surface area contributed by atoms with Crippen molar-refractivity contribution in [1.82, 2.24) is 15.5 Å². The summed E-state index contributed by atoms with van der Waals surface area (Å²) in [6.07, 6.45) is 4.60. The molecule has 1 heterocycles. The van der Waals surface area contributed by atoms with E-state index in [1.165, 1.54) is 0 Å². The normalized spacial score (nSPS) is 19.2. The Morgan fingerprint density at radius 3 is 3.00 bits per heavy atom. The van der Waals surface area contributed by atoms with E-state index in [2.05, 4.69) is 22.4 Å². The first-order chi connectivity index (χ1) is 11.7. The summed E-state index contributed by atoms with van der Waals surface area (Å²) in [6.45, 7) is 2.08. The maximum absolute atomic E-state index is 12.0. The molecular weight excluding hydrogens is 326 g/mol. The van der Waals surface area contributed by atoms with Crippen molar-refractivity contribution in [2.75, 3.05) is 0 Å². The zero-order chi connectivity index (χ0) is 16.9. The summed E-state index contributed by atoms with van der Waals surface area (Å²) in [5.74, 6) is 1.78. The van der Waals surface area contributed by atoms with Gasteiger partial charge in [0.2, 0.25) is 11.8 Å². The van der Waals surface area contributed by atoms with Crippen molar-refractivity contribution in [2.45, 2.75) is 57.4 Å². The maximum Gasteiger partial charge on any atom is 0.226 e. The Labute approximate surface area is 146 Å². The molecule has 3 rings (SSSR count). The monoisotopic (exact) mass is 347 g/mol. The molecule has 0 spiro atoms. The fourth-order valence-electron chi connectivity index (χ4n) is 2.87. The molecule has 1 aromatic carbocycles. The summed E-state index contributed by atoms with van der Waals surface area (Å²) >= 11 is 6.20. The number of hydrogen-bond donors (Lipinski definition) is 1. The SMILES string of the molecule is CCCc1noc(CCCC(=O)N[C@H]2C[C@H]2c2ccccc2Cl)n1. The molecule has 1 fully saturated rings. The second-order valence-corrected chi connectivity index (χ2v) is 6.65. The van der Waals surface area contributed by atoms with Gasteiger partial charge in [-0.3, -0.25) is 4.79 Å². The van der Waals surface area contributed by atoms with Crippen LogP contribution in [0.3, 0.4) is 0 Å². The Morgan fingerprint density at radius 1 is 1.38 bits per heavy atom. The first-order valence-electron chi connectivity index (χ1n) is 8.52. The molecule has 0 saturated heterocycles. The number of nitrogens with one attached hydrogen (secondary N) is 1. The van der Waals surface area contributed by atoms with Crippen molar-refractivity contribution >= 4 is 17.5 Å². The number of aryl methyl sites for hydroxylation is 2. The van der Waals surface area contributed by atoms with Crippen molar-refractivity contribution in [3.8, 4) is 0 Å². The first-order valence-corrected chi connectivity index (χ1v) is 8.90. The highest BCUT2D eigenvalue weighted by Crippen LogP contribution is 2.43. The Balaban J connectivity index is 1.38. The topological polar surface area (TPSA) is 68.0 Å². The molecule has 2 aromatic rings. The highest BCUT2D eigenvalue weighted by Gasteiger charge is 2.40. The Morgan fingerprint density at radius 2 is 2.21 bits per heavy atom. The zero-order valence-electron chi connectivity index (χ0n) is 13.8. The molecule has 1 amide bonds. The van der Waals surface area contributed by atoms with E-state index in [9.17, 15) is 4.79 Å². The van der Waals surface area contributed by atoms with Gasteiger partial charge < -0.3 is 9.84 Å². The van der Waals surface area contributed by atoms with Gasteiger partial charge in [-0.15, -0.1) is 0 Å². The third kappa shape index (κ3) is 4.35. The largest absolute Gasteiger partial charge is 0.353 e. The van der Waals surface area contributed by atoms with Gasteiger partial charge in [0.05, 0.1) is 0 Å². The molecule has 2 atom stereocenters. The summed E-state index contributed by atoms with van der Waals surface area (Å²) in [7, 11) is 0. The van der Waals surface area contributed by atoms with Crippen LogP contribution in [0, 0.1) is 0 Å². The average Bonchev–Trinajstić information content (AvgIpc) is 3.16. The van der Waals surface area contributed by atoms with Crippen LogP contribution >= 0.6 is 11.6 Å². The van der Waals surface area contributed by atoms with E-state index in [4.69, 9.17) is 16.1 Å². The number of aromatic nitrogens is 2. The van der Waals surface area contributed by atoms with Crippen molar-refractivity contribution in [1.29, 1.82) is 0 Å². The number of carbonyl (C=O) groups is 1. The van der Waals surface area contributed by atoms with Gasteiger partial charge in [0.15, 0.2) is 5.82 Å². The van der Waals surface area contributed by atoms with E-state index in [-0.39, 0.29) is 11.9 Å². The van der Waals surface area contributed by atoms with Gasteiger partial charge in [-0.05, 0) is 30.9 Å². The van der Waals surface area contributed by atoms with Crippen molar-refractivity contribution in [2.24, 2.45) is 0 Å². The molecule has 1 aliphatic carbocycles. The molecule has 128 valence electrons. The van der Waals surface area contributed by atoms with Crippen LogP contribution in [0.5, 0.6) is 0 Å². The Hall–Kier alpha value is -1.88. The van der Waals surface area contributed by atoms with E-state index in [0.717, 1.165) is 35.7 Å². The van der Waals surface area contributed by atoms with Crippen LogP contribution < -0.4 is 5.32 Å². The van der Waals surface area contributed by atoms with Crippen LogP contribution in [0.25, 0.3) is 0 Å². The van der Waals surface area contributed by atoms with Crippen LogP contribution in [-0.4, -0.2) is 22.1 Å². The molecule has 1 aromatic heterocycles. The van der Waals surface area contributed by atoms with Gasteiger partial charge in [0, 0.05) is 36.2 Å². The number of carbonyl (C=O) groups excluding carboxylic acids is 1. The summed E-state index contributed by atoms with van der Waals surface area (Å²) in [5.41, 5.74) is 1.12. The van der Waals surface area contributed by atoms with Gasteiger partial charge in [-0.25, -0.2) is 0 Å². The summed E-state index contributed by atoms with van der Waals surface area (Å²) < 4.78 is 5.17. The fraction of sp³-hybridized carbons (Fsp3) is 0.500. The van der Waals surface area contributed by atoms with E-state index in [0.29, 0.717) is 31.1 Å². The molecule has 1 aliphatic rings. The minimum absolute atomic E-state index is 0.0721. The highest BCUT2D eigenvalue weighted by atomic mass is 35.5. The van der Waals surface area contributed by atoms with Crippen LogP contribution in [0.4, 0.5) is 0 Å². The fourth-order valence-corrected chi connectivity index (χ4v) is 3.15. The summed E-state index contributed by atoms with van der Waals surface area (Å²) in [6, 6.07) is 8.03. The number of halogens is 1. The average molecular weight is 348 g/mol. The number of rotatable bonds is 8. The molecule has 0 unspecified atom stereocenters. The molecular formula is C18H22ClN3O2. The van der Waals surface area contributed by atoms with Gasteiger partial charge in [0.25, 0.3) is 0 Å². The standard InChI is InChI=1S/C18H22ClN3O2/c1-2-6-16-21-18(24-22-16)10-5-9-17(23)20-15-11-13(15)12-7-3-4-8-14(12)19/h3-4,7-8,13,15H,2,5-6,9-11H2,1H3,(H,20,23)/t13-,15-/m0/s1. The van der Waals surface area contributed by atoms with E-state index >= 15 is 0 Å². The predicted octanol–water partition coefficient (Wildman–Crippen LogP) is 3.67. The number of amides is 1. The van der Waals surface area contributed by atoms with Crippen molar-refractivity contribution < 1.29 is 9.32 Å². The van der Waals surface area contributed by atoms with Crippen LogP contribution in [-0.2, 0) is 17.6 Å². The maximum atomic E-state index is 12.0. The minimum Gasteiger partial charge on any atom is -0.353 e. The zero-order valence-corrected chi connectivity index (χ0v) is 14.6. The molecule has 0 aliphatic heterocycles. The van der Waals surface area contributed by atoms with E-state index < -0.39 is 0 Å². The Kier molecular flexibility index (Phi) is 5.51. The van der Waals surface area contributed by atoms with Crippen LogP contribution in [0.1, 0.15) is 55.8 Å². The molecule has 1 N–H and O–H groups in total. The highest BCUT2D eigenvalue weighted by molar-refractivity contribution is 6.31. The second kappa shape index (κ2) is 7.79. The summed E-state index contributed by atoms with van der Waals surface area (Å²) in [5, 5.41) is 7.77. The molecule has 24 heavy (non-hydrogen) atoms. The van der Waals surface area contributed by atoms with Crippen LogP contribution in [0.15, 0.2) is 28.8 Å². The number of hydrogen-bond acceptors (Lipinski definition) is 4. The van der Waals surface area contributed by atoms with E-state index in [1.807, 2.05) is 24.3 Å². The quantitative estimate of drug-likeness (QED) is 0.791. The van der Waals surface area contributed by atoms with Gasteiger partial charge in [-0.2, -0.15) is 4.98 Å². The molecule has 0 radical (unpaired) electrons. The molecule has 1 saturated carbocycles. The van der Waals surface area contributed by atoms with Crippen molar-refractivity contribution in [3.63, 3.8) is 0 Å². The van der Waals surface area contributed by atoms with Gasteiger partial charge in [0.1, 0.15) is 0 Å². The minimum atomic E-state index is 0.0721. The molecule has 6 heteroatoms. The lowest BCUT2D eigenvalue weighted by Crippen LogP contribution is -2.26.